The molecule has 2 aromatic carbocycles. The number of carbonyl (C=O) groups is 2. The lowest BCUT2D eigenvalue weighted by Crippen LogP contribution is -2.41. The highest BCUT2D eigenvalue weighted by atomic mass is 19.1. The number of ketones is 1. The summed E-state index contributed by atoms with van der Waals surface area (Å²) in [4.78, 5) is 25.0. The van der Waals surface area contributed by atoms with Crippen LogP contribution in [0.5, 0.6) is 0 Å². The fourth-order valence-corrected chi connectivity index (χ4v) is 3.45. The van der Waals surface area contributed by atoms with E-state index in [0.29, 0.717) is 29.8 Å². The van der Waals surface area contributed by atoms with Crippen molar-refractivity contribution in [3.63, 3.8) is 0 Å². The molecule has 1 aliphatic rings. The Kier molecular flexibility index (Phi) is 5.59. The van der Waals surface area contributed by atoms with Crippen LogP contribution in [0.15, 0.2) is 42.5 Å². The highest BCUT2D eigenvalue weighted by Crippen LogP contribution is 2.40. The average Bonchev–Trinajstić information content (AvgIpc) is 2.67. The summed E-state index contributed by atoms with van der Waals surface area (Å²) in [6.07, 6.45) is 2.58. The van der Waals surface area contributed by atoms with Crippen molar-refractivity contribution in [2.75, 3.05) is 11.9 Å². The molecule has 5 heteroatoms. The zero-order chi connectivity index (χ0) is 19.4. The molecule has 142 valence electrons. The van der Waals surface area contributed by atoms with E-state index in [1.807, 2.05) is 19.9 Å². The third-order valence-corrected chi connectivity index (χ3v) is 5.10. The van der Waals surface area contributed by atoms with Gasteiger partial charge in [-0.15, -0.1) is 0 Å². The predicted molar refractivity (Wildman–Crippen MR) is 103 cm³/mol. The Morgan fingerprint density at radius 3 is 2.74 bits per heavy atom. The van der Waals surface area contributed by atoms with Gasteiger partial charge in [-0.2, -0.15) is 0 Å². The first-order valence-electron chi connectivity index (χ1n) is 9.37. The molecule has 0 fully saturated rings. The first kappa shape index (κ1) is 19.1. The molecule has 0 saturated carbocycles. The number of halogens is 1. The molecular weight excluding hydrogens is 345 g/mol. The van der Waals surface area contributed by atoms with E-state index in [1.54, 1.807) is 24.3 Å². The van der Waals surface area contributed by atoms with E-state index in [4.69, 9.17) is 4.74 Å². The number of esters is 1. The molecule has 27 heavy (non-hydrogen) atoms. The molecule has 1 heterocycles. The Morgan fingerprint density at radius 1 is 1.22 bits per heavy atom. The maximum atomic E-state index is 13.7. The van der Waals surface area contributed by atoms with Gasteiger partial charge in [0.1, 0.15) is 5.82 Å². The van der Waals surface area contributed by atoms with Gasteiger partial charge in [0.05, 0.1) is 17.7 Å². The highest BCUT2D eigenvalue weighted by Gasteiger charge is 2.38. The highest BCUT2D eigenvalue weighted by molar-refractivity contribution is 6.06. The van der Waals surface area contributed by atoms with Crippen LogP contribution in [0.3, 0.4) is 0 Å². The van der Waals surface area contributed by atoms with Gasteiger partial charge in [-0.3, -0.25) is 4.79 Å². The fourth-order valence-electron chi connectivity index (χ4n) is 3.45. The van der Waals surface area contributed by atoms with Gasteiger partial charge in [0.25, 0.3) is 0 Å². The summed E-state index contributed by atoms with van der Waals surface area (Å²) in [5, 5.41) is 3.41. The van der Waals surface area contributed by atoms with Gasteiger partial charge in [-0.1, -0.05) is 32.4 Å². The molecule has 0 saturated heterocycles. The number of ether oxygens (including phenoxy) is 1. The smallest absolute Gasteiger partial charge is 0.338 e. The number of unbranched alkanes of at least 4 members (excludes halogenated alkanes) is 1. The van der Waals surface area contributed by atoms with Gasteiger partial charge in [0.2, 0.25) is 0 Å². The predicted octanol–water partition coefficient (Wildman–Crippen LogP) is 5.09. The van der Waals surface area contributed by atoms with Gasteiger partial charge in [0, 0.05) is 17.7 Å². The second-order valence-electron chi connectivity index (χ2n) is 6.92. The van der Waals surface area contributed by atoms with Crippen LogP contribution in [0.2, 0.25) is 0 Å². The van der Waals surface area contributed by atoms with Crippen molar-refractivity contribution in [3.05, 3.63) is 65.0 Å². The van der Waals surface area contributed by atoms with Crippen LogP contribution in [0.1, 0.15) is 65.8 Å². The number of fused-ring (bicyclic) bond motifs is 1. The number of anilines is 1. The minimum atomic E-state index is -0.657. The normalized spacial score (nSPS) is 18.6. The molecule has 2 aromatic rings. The number of Topliss-reactive ketones (excluding diaryl/α,β-unsaturated/α-hetero) is 1. The number of hydrogen-bond donors (Lipinski definition) is 1. The van der Waals surface area contributed by atoms with Crippen LogP contribution in [0.4, 0.5) is 10.1 Å². The van der Waals surface area contributed by atoms with Crippen LogP contribution in [0, 0.1) is 5.82 Å². The molecule has 0 bridgehead atoms. The second-order valence-corrected chi connectivity index (χ2v) is 6.92. The zero-order valence-electron chi connectivity index (χ0n) is 15.7. The summed E-state index contributed by atoms with van der Waals surface area (Å²) >= 11 is 0. The number of nitrogens with one attached hydrogen (secondary N) is 1. The van der Waals surface area contributed by atoms with Gasteiger partial charge >= 0.3 is 5.97 Å². The molecule has 1 unspecified atom stereocenters. The van der Waals surface area contributed by atoms with Crippen LogP contribution >= 0.6 is 0 Å². The molecule has 0 aromatic heterocycles. The minimum Gasteiger partial charge on any atom is -0.462 e. The molecule has 1 atom stereocenters. The molecule has 0 aliphatic carbocycles. The third kappa shape index (κ3) is 3.87. The first-order valence-corrected chi connectivity index (χ1v) is 9.37. The average molecular weight is 369 g/mol. The first-order chi connectivity index (χ1) is 13.0. The second kappa shape index (κ2) is 7.91. The summed E-state index contributed by atoms with van der Waals surface area (Å²) in [6.45, 7) is 4.36. The summed E-state index contributed by atoms with van der Waals surface area (Å²) < 4.78 is 19.0. The topological polar surface area (TPSA) is 55.4 Å². The van der Waals surface area contributed by atoms with Crippen LogP contribution in [-0.2, 0) is 10.3 Å². The van der Waals surface area contributed by atoms with Crippen LogP contribution < -0.4 is 5.32 Å². The van der Waals surface area contributed by atoms with Gasteiger partial charge < -0.3 is 10.1 Å². The van der Waals surface area contributed by atoms with E-state index in [1.165, 1.54) is 12.1 Å². The Balaban J connectivity index is 1.89. The molecule has 1 aliphatic heterocycles. The Morgan fingerprint density at radius 2 is 2.04 bits per heavy atom. The Labute approximate surface area is 158 Å². The number of rotatable bonds is 6. The maximum Gasteiger partial charge on any atom is 0.338 e. The van der Waals surface area contributed by atoms with Crippen molar-refractivity contribution >= 4 is 17.4 Å². The lowest BCUT2D eigenvalue weighted by molar-refractivity contribution is 0.0499. The maximum absolute atomic E-state index is 13.7. The van der Waals surface area contributed by atoms with Crippen molar-refractivity contribution in [1.82, 2.24) is 0 Å². The van der Waals surface area contributed by atoms with Crippen molar-refractivity contribution in [3.8, 4) is 0 Å². The summed E-state index contributed by atoms with van der Waals surface area (Å²) in [5.41, 5.74) is 1.58. The SMILES string of the molecule is CCCCOC(=O)c1ccc2c(c1)C(=O)CC(CC)(c1cccc(F)c1)N2. The molecule has 0 amide bonds. The number of hydrogen-bond acceptors (Lipinski definition) is 4. The number of carbonyl (C=O) groups excluding carboxylic acids is 2. The van der Waals surface area contributed by atoms with E-state index in [-0.39, 0.29) is 18.0 Å². The largest absolute Gasteiger partial charge is 0.462 e. The van der Waals surface area contributed by atoms with Gasteiger partial charge in [-0.25, -0.2) is 9.18 Å². The van der Waals surface area contributed by atoms with Crippen LogP contribution in [-0.4, -0.2) is 18.4 Å². The van der Waals surface area contributed by atoms with Crippen LogP contribution in [0.25, 0.3) is 0 Å². The summed E-state index contributed by atoms with van der Waals surface area (Å²) in [7, 11) is 0. The van der Waals surface area contributed by atoms with E-state index < -0.39 is 11.5 Å². The van der Waals surface area contributed by atoms with Crippen molar-refractivity contribution in [2.45, 2.75) is 45.1 Å². The van der Waals surface area contributed by atoms with Gasteiger partial charge in [0.15, 0.2) is 5.78 Å². The molecule has 4 nitrogen and oxygen atoms in total. The fraction of sp³-hybridized carbons (Fsp3) is 0.364. The van der Waals surface area contributed by atoms with E-state index in [2.05, 4.69) is 5.32 Å². The summed E-state index contributed by atoms with van der Waals surface area (Å²) in [5.74, 6) is -0.819. The minimum absolute atomic E-state index is 0.0712. The quantitative estimate of drug-likeness (QED) is 0.569. The van der Waals surface area contributed by atoms with E-state index in [9.17, 15) is 14.0 Å². The van der Waals surface area contributed by atoms with Crippen molar-refractivity contribution in [2.24, 2.45) is 0 Å². The standard InChI is InChI=1S/C22H24FNO3/c1-3-5-11-27-21(26)15-9-10-19-18(12-15)20(25)14-22(4-2,24-19)16-7-6-8-17(23)13-16/h6-10,12-13,24H,3-5,11,14H2,1-2H3. The van der Waals surface area contributed by atoms with E-state index in [0.717, 1.165) is 18.4 Å². The monoisotopic (exact) mass is 369 g/mol. The van der Waals surface area contributed by atoms with Gasteiger partial charge in [-0.05, 0) is 48.7 Å². The lowest BCUT2D eigenvalue weighted by Gasteiger charge is -2.39. The van der Waals surface area contributed by atoms with Crippen molar-refractivity contribution < 1.29 is 18.7 Å². The Hall–Kier alpha value is -2.69. The molecular formula is C22H24FNO3. The molecule has 3 rings (SSSR count). The molecule has 1 N–H and O–H groups in total. The number of benzene rings is 2. The van der Waals surface area contributed by atoms with Crippen molar-refractivity contribution in [1.29, 1.82) is 0 Å². The molecule has 0 spiro atoms. The molecule has 0 radical (unpaired) electrons. The third-order valence-electron chi connectivity index (χ3n) is 5.10. The Bertz CT molecular complexity index is 864. The van der Waals surface area contributed by atoms with E-state index >= 15 is 0 Å². The zero-order valence-corrected chi connectivity index (χ0v) is 15.7. The lowest BCUT2D eigenvalue weighted by atomic mass is 9.78. The summed E-state index contributed by atoms with van der Waals surface area (Å²) in [6, 6.07) is 11.3.